The highest BCUT2D eigenvalue weighted by molar-refractivity contribution is 5.78. The fraction of sp³-hybridized carbons (Fsp3) is 0.857. The van der Waals surface area contributed by atoms with Gasteiger partial charge in [-0.15, -0.1) is 0 Å². The van der Waals surface area contributed by atoms with E-state index >= 15 is 0 Å². The molecule has 0 saturated carbocycles. The normalized spacial score (nSPS) is 22.2. The Hall–Kier alpha value is -1.16. The van der Waals surface area contributed by atoms with Crippen LogP contribution < -0.4 is 0 Å². The third-order valence-electron chi connectivity index (χ3n) is 3.69. The van der Waals surface area contributed by atoms with Crippen molar-refractivity contribution in [3.63, 3.8) is 0 Å². The van der Waals surface area contributed by atoms with Crippen molar-refractivity contribution in [2.45, 2.75) is 32.4 Å². The number of likely N-dealkylation sites (N-methyl/N-ethyl adjacent to an activating group) is 1. The summed E-state index contributed by atoms with van der Waals surface area (Å²) in [4.78, 5) is 18.0. The number of β-amino-alcohol motifs (C(OH)–C–C–N with tert-alkyl or cyclic N) is 1. The van der Waals surface area contributed by atoms with Crippen molar-refractivity contribution in [2.24, 2.45) is 0 Å². The Balaban J connectivity index is 2.37. The fourth-order valence-electron chi connectivity index (χ4n) is 2.48. The van der Waals surface area contributed by atoms with Gasteiger partial charge in [-0.2, -0.15) is 5.26 Å². The second kappa shape index (κ2) is 8.20. The monoisotopic (exact) mass is 282 g/mol. The van der Waals surface area contributed by atoms with Gasteiger partial charge >= 0.3 is 0 Å². The quantitative estimate of drug-likeness (QED) is 0.727. The lowest BCUT2D eigenvalue weighted by Crippen LogP contribution is -2.55. The van der Waals surface area contributed by atoms with E-state index in [1.165, 1.54) is 0 Å². The van der Waals surface area contributed by atoms with Crippen LogP contribution in [0.3, 0.4) is 0 Å². The molecular weight excluding hydrogens is 256 g/mol. The topological polar surface area (TPSA) is 70.8 Å². The number of aliphatic hydroxyl groups is 1. The van der Waals surface area contributed by atoms with E-state index < -0.39 is 0 Å². The predicted octanol–water partition coefficient (Wildman–Crippen LogP) is -0.255. The SMILES string of the molecule is C[C@@H](O)CN1CCN(CC(=O)N(C)CCC#N)C[C@@H]1C. The summed E-state index contributed by atoms with van der Waals surface area (Å²) in [5, 5.41) is 18.0. The summed E-state index contributed by atoms with van der Waals surface area (Å²) in [6.07, 6.45) is 0.0589. The van der Waals surface area contributed by atoms with Crippen LogP contribution in [0.15, 0.2) is 0 Å². The number of hydrogen-bond acceptors (Lipinski definition) is 5. The minimum absolute atomic E-state index is 0.0661. The van der Waals surface area contributed by atoms with Gasteiger partial charge in [-0.3, -0.25) is 14.6 Å². The summed E-state index contributed by atoms with van der Waals surface area (Å²) in [6.45, 7) is 8.07. The average Bonchev–Trinajstić information content (AvgIpc) is 2.38. The summed E-state index contributed by atoms with van der Waals surface area (Å²) in [7, 11) is 1.74. The van der Waals surface area contributed by atoms with Crippen LogP contribution >= 0.6 is 0 Å². The van der Waals surface area contributed by atoms with Gasteiger partial charge in [0.2, 0.25) is 5.91 Å². The van der Waals surface area contributed by atoms with E-state index in [1.54, 1.807) is 18.9 Å². The number of rotatable bonds is 6. The lowest BCUT2D eigenvalue weighted by Gasteiger charge is -2.40. The van der Waals surface area contributed by atoms with E-state index in [1.807, 2.05) is 0 Å². The number of nitriles is 1. The predicted molar refractivity (Wildman–Crippen MR) is 77.0 cm³/mol. The molecule has 6 nitrogen and oxygen atoms in total. The van der Waals surface area contributed by atoms with Gasteiger partial charge in [0.15, 0.2) is 0 Å². The Kier molecular flexibility index (Phi) is 6.93. The zero-order valence-corrected chi connectivity index (χ0v) is 12.7. The second-order valence-electron chi connectivity index (χ2n) is 5.65. The van der Waals surface area contributed by atoms with E-state index in [2.05, 4.69) is 22.8 Å². The van der Waals surface area contributed by atoms with E-state index in [-0.39, 0.29) is 12.0 Å². The highest BCUT2D eigenvalue weighted by Crippen LogP contribution is 2.10. The molecule has 0 spiro atoms. The van der Waals surface area contributed by atoms with Gasteiger partial charge in [0, 0.05) is 45.8 Å². The van der Waals surface area contributed by atoms with Crippen LogP contribution in [-0.4, -0.2) is 84.2 Å². The molecule has 2 atom stereocenters. The third-order valence-corrected chi connectivity index (χ3v) is 3.69. The van der Waals surface area contributed by atoms with Crippen molar-refractivity contribution < 1.29 is 9.90 Å². The number of amides is 1. The van der Waals surface area contributed by atoms with Crippen LogP contribution in [0.1, 0.15) is 20.3 Å². The van der Waals surface area contributed by atoms with E-state index in [0.717, 1.165) is 19.6 Å². The van der Waals surface area contributed by atoms with Gasteiger partial charge in [0.25, 0.3) is 0 Å². The lowest BCUT2D eigenvalue weighted by molar-refractivity contribution is -0.131. The molecule has 1 heterocycles. The van der Waals surface area contributed by atoms with Crippen LogP contribution in [0.4, 0.5) is 0 Å². The smallest absolute Gasteiger partial charge is 0.236 e. The van der Waals surface area contributed by atoms with Gasteiger partial charge in [-0.1, -0.05) is 0 Å². The molecule has 1 aliphatic heterocycles. The van der Waals surface area contributed by atoms with Gasteiger partial charge in [0.05, 0.1) is 25.1 Å². The number of carbonyl (C=O) groups is 1. The van der Waals surface area contributed by atoms with Crippen LogP contribution in [0.25, 0.3) is 0 Å². The molecule has 1 saturated heterocycles. The van der Waals surface area contributed by atoms with Crippen LogP contribution in [0.2, 0.25) is 0 Å². The van der Waals surface area contributed by atoms with E-state index in [9.17, 15) is 9.90 Å². The zero-order valence-electron chi connectivity index (χ0n) is 12.7. The number of aliphatic hydroxyl groups excluding tert-OH is 1. The number of nitrogens with zero attached hydrogens (tertiary/aromatic N) is 4. The highest BCUT2D eigenvalue weighted by Gasteiger charge is 2.26. The maximum absolute atomic E-state index is 12.0. The molecule has 1 amide bonds. The minimum atomic E-state index is -0.317. The summed E-state index contributed by atoms with van der Waals surface area (Å²) in [5.41, 5.74) is 0. The summed E-state index contributed by atoms with van der Waals surface area (Å²) in [5.74, 6) is 0.0661. The Morgan fingerprint density at radius 2 is 2.25 bits per heavy atom. The van der Waals surface area contributed by atoms with Crippen molar-refractivity contribution in [3.8, 4) is 6.07 Å². The first-order chi connectivity index (χ1) is 9.43. The van der Waals surface area contributed by atoms with E-state index in [4.69, 9.17) is 5.26 Å². The van der Waals surface area contributed by atoms with Gasteiger partial charge in [-0.25, -0.2) is 0 Å². The van der Waals surface area contributed by atoms with Gasteiger partial charge < -0.3 is 10.0 Å². The van der Waals surface area contributed by atoms with Crippen molar-refractivity contribution >= 4 is 5.91 Å². The molecular formula is C14H26N4O2. The van der Waals surface area contributed by atoms with Gasteiger partial charge in [-0.05, 0) is 13.8 Å². The largest absolute Gasteiger partial charge is 0.392 e. The van der Waals surface area contributed by atoms with E-state index in [0.29, 0.717) is 32.1 Å². The van der Waals surface area contributed by atoms with Gasteiger partial charge in [0.1, 0.15) is 0 Å². The Morgan fingerprint density at radius 3 is 2.80 bits per heavy atom. The highest BCUT2D eigenvalue weighted by atomic mass is 16.3. The molecule has 0 unspecified atom stereocenters. The van der Waals surface area contributed by atoms with Crippen molar-refractivity contribution in [1.29, 1.82) is 5.26 Å². The Bertz CT molecular complexity index is 354. The molecule has 20 heavy (non-hydrogen) atoms. The van der Waals surface area contributed by atoms with Crippen molar-refractivity contribution in [2.75, 3.05) is 46.3 Å². The molecule has 1 N–H and O–H groups in total. The molecule has 0 bridgehead atoms. The summed E-state index contributed by atoms with van der Waals surface area (Å²) in [6, 6.07) is 2.39. The maximum atomic E-state index is 12.0. The molecule has 0 aromatic heterocycles. The number of piperazine rings is 1. The van der Waals surface area contributed by atoms with Crippen molar-refractivity contribution in [3.05, 3.63) is 0 Å². The third kappa shape index (κ3) is 5.45. The van der Waals surface area contributed by atoms with Crippen LogP contribution in [0.5, 0.6) is 0 Å². The molecule has 1 rings (SSSR count). The van der Waals surface area contributed by atoms with Crippen LogP contribution in [0, 0.1) is 11.3 Å². The molecule has 0 aromatic carbocycles. The van der Waals surface area contributed by atoms with Crippen LogP contribution in [-0.2, 0) is 4.79 Å². The molecule has 6 heteroatoms. The summed E-state index contributed by atoms with van der Waals surface area (Å²) >= 11 is 0. The lowest BCUT2D eigenvalue weighted by atomic mass is 10.1. The molecule has 1 aliphatic rings. The molecule has 0 radical (unpaired) electrons. The Labute approximate surface area is 121 Å². The first-order valence-electron chi connectivity index (χ1n) is 7.19. The molecule has 0 aliphatic carbocycles. The first kappa shape index (κ1) is 16.9. The minimum Gasteiger partial charge on any atom is -0.392 e. The average molecular weight is 282 g/mol. The standard InChI is InChI=1S/C14H26N4O2/c1-12-9-17(7-8-18(12)10-13(2)19)11-14(20)16(3)6-4-5-15/h12-13,19H,4,6-11H2,1-3H3/t12-,13+/m0/s1. The molecule has 114 valence electrons. The Morgan fingerprint density at radius 1 is 1.55 bits per heavy atom. The maximum Gasteiger partial charge on any atom is 0.236 e. The summed E-state index contributed by atoms with van der Waals surface area (Å²) < 4.78 is 0. The number of hydrogen-bond donors (Lipinski definition) is 1. The van der Waals surface area contributed by atoms with Crippen molar-refractivity contribution in [1.82, 2.24) is 14.7 Å². The number of carbonyl (C=O) groups excluding carboxylic acids is 1. The molecule has 0 aromatic rings. The molecule has 1 fully saturated rings. The second-order valence-corrected chi connectivity index (χ2v) is 5.65. The first-order valence-corrected chi connectivity index (χ1v) is 7.19. The fourth-order valence-corrected chi connectivity index (χ4v) is 2.48. The zero-order chi connectivity index (χ0) is 15.1.